The first-order valence-electron chi connectivity index (χ1n) is 11.1. The second kappa shape index (κ2) is 8.89. The molecule has 3 aromatic carbocycles. The van der Waals surface area contributed by atoms with Gasteiger partial charge in [-0.05, 0) is 24.6 Å². The Balaban J connectivity index is 1.45. The highest BCUT2D eigenvalue weighted by atomic mass is 16.2. The fourth-order valence-corrected chi connectivity index (χ4v) is 4.34. The number of aryl methyl sites for hydroxylation is 1. The van der Waals surface area contributed by atoms with Crippen molar-refractivity contribution in [1.29, 1.82) is 0 Å². The van der Waals surface area contributed by atoms with E-state index in [1.807, 2.05) is 60.4 Å². The molecule has 0 saturated carbocycles. The maximum atomic E-state index is 13.8. The first kappa shape index (κ1) is 20.3. The number of benzene rings is 3. The number of fused-ring (bicyclic) bond motifs is 1. The minimum absolute atomic E-state index is 0.0358. The Kier molecular flexibility index (Phi) is 5.65. The summed E-state index contributed by atoms with van der Waals surface area (Å²) in [6.45, 7) is 6.08. The molecule has 2 heterocycles. The average molecular weight is 423 g/mol. The normalized spacial score (nSPS) is 14.6. The molecule has 5 rings (SSSR count). The highest BCUT2D eigenvalue weighted by Gasteiger charge is 2.27. The molecule has 32 heavy (non-hydrogen) atoms. The van der Waals surface area contributed by atoms with E-state index in [1.165, 1.54) is 5.56 Å². The van der Waals surface area contributed by atoms with Crippen molar-refractivity contribution in [2.75, 3.05) is 26.2 Å². The van der Waals surface area contributed by atoms with Crippen molar-refractivity contribution in [3.8, 4) is 11.3 Å². The van der Waals surface area contributed by atoms with Gasteiger partial charge in [-0.2, -0.15) is 0 Å². The van der Waals surface area contributed by atoms with Gasteiger partial charge in [0, 0.05) is 43.7 Å². The van der Waals surface area contributed by atoms with Gasteiger partial charge in [-0.3, -0.25) is 9.69 Å². The molecule has 1 amide bonds. The summed E-state index contributed by atoms with van der Waals surface area (Å²) >= 11 is 0. The van der Waals surface area contributed by atoms with Gasteiger partial charge in [0.1, 0.15) is 5.69 Å². The van der Waals surface area contributed by atoms with Crippen molar-refractivity contribution in [3.05, 3.63) is 95.6 Å². The maximum Gasteiger partial charge on any atom is 0.256 e. The van der Waals surface area contributed by atoms with E-state index in [-0.39, 0.29) is 5.91 Å². The Morgan fingerprint density at radius 1 is 0.844 bits per heavy atom. The molecular formula is C27H26N4O. The molecule has 0 bridgehead atoms. The number of amides is 1. The summed E-state index contributed by atoms with van der Waals surface area (Å²) in [5, 5.41) is 9.77. The molecule has 0 radical (unpaired) electrons. The van der Waals surface area contributed by atoms with Gasteiger partial charge in [0.25, 0.3) is 5.91 Å². The van der Waals surface area contributed by atoms with E-state index in [4.69, 9.17) is 0 Å². The molecule has 0 aliphatic carbocycles. The van der Waals surface area contributed by atoms with Crippen LogP contribution in [0.15, 0.2) is 78.9 Å². The number of piperazine rings is 1. The lowest BCUT2D eigenvalue weighted by atomic mass is 9.99. The molecule has 160 valence electrons. The monoisotopic (exact) mass is 422 g/mol. The van der Waals surface area contributed by atoms with Crippen LogP contribution in [0.4, 0.5) is 0 Å². The predicted molar refractivity (Wildman–Crippen MR) is 127 cm³/mol. The van der Waals surface area contributed by atoms with Crippen molar-refractivity contribution in [2.45, 2.75) is 13.5 Å². The summed E-state index contributed by atoms with van der Waals surface area (Å²) in [6, 6.07) is 26.4. The molecule has 1 saturated heterocycles. The molecule has 1 aliphatic heterocycles. The number of aromatic nitrogens is 2. The van der Waals surface area contributed by atoms with Crippen LogP contribution >= 0.6 is 0 Å². The molecule has 4 aromatic rings. The zero-order chi connectivity index (χ0) is 21.9. The first-order valence-corrected chi connectivity index (χ1v) is 11.1. The Morgan fingerprint density at radius 3 is 2.25 bits per heavy atom. The zero-order valence-electron chi connectivity index (χ0n) is 18.2. The lowest BCUT2D eigenvalue weighted by molar-refractivity contribution is 0.0630. The van der Waals surface area contributed by atoms with E-state index in [2.05, 4.69) is 45.4 Å². The van der Waals surface area contributed by atoms with E-state index in [0.717, 1.165) is 41.7 Å². The number of nitrogens with zero attached hydrogens (tertiary/aromatic N) is 4. The lowest BCUT2D eigenvalue weighted by Gasteiger charge is -2.35. The first-order chi connectivity index (χ1) is 15.7. The smallest absolute Gasteiger partial charge is 0.256 e. The number of carbonyl (C=O) groups excluding carboxylic acids is 1. The molecule has 1 fully saturated rings. The maximum absolute atomic E-state index is 13.8. The standard InChI is InChI=1S/C27H26N4O/c1-20-12-13-24-23(18-20)25(26(29-28-24)22-10-6-3-7-11-22)27(32)31-16-14-30(15-17-31)19-21-8-4-2-5-9-21/h2-13,18H,14-17,19H2,1H3. The van der Waals surface area contributed by atoms with Crippen LogP contribution in [0.3, 0.4) is 0 Å². The van der Waals surface area contributed by atoms with E-state index in [9.17, 15) is 4.79 Å². The van der Waals surface area contributed by atoms with E-state index in [0.29, 0.717) is 24.3 Å². The molecule has 1 aromatic heterocycles. The van der Waals surface area contributed by atoms with Crippen LogP contribution in [-0.2, 0) is 6.54 Å². The van der Waals surface area contributed by atoms with Crippen LogP contribution in [0.25, 0.3) is 22.2 Å². The third-order valence-corrected chi connectivity index (χ3v) is 6.09. The number of carbonyl (C=O) groups is 1. The summed E-state index contributed by atoms with van der Waals surface area (Å²) in [5.74, 6) is 0.0358. The number of hydrogen-bond donors (Lipinski definition) is 0. The fraction of sp³-hybridized carbons (Fsp3) is 0.222. The average Bonchev–Trinajstić information content (AvgIpc) is 2.84. The van der Waals surface area contributed by atoms with Gasteiger partial charge in [0.15, 0.2) is 0 Å². The second-order valence-electron chi connectivity index (χ2n) is 8.36. The second-order valence-corrected chi connectivity index (χ2v) is 8.36. The predicted octanol–water partition coefficient (Wildman–Crippen LogP) is 4.56. The van der Waals surface area contributed by atoms with Crippen molar-refractivity contribution >= 4 is 16.8 Å². The lowest BCUT2D eigenvalue weighted by Crippen LogP contribution is -2.48. The molecule has 0 atom stereocenters. The highest BCUT2D eigenvalue weighted by molar-refractivity contribution is 6.10. The number of rotatable bonds is 4. The number of hydrogen-bond acceptors (Lipinski definition) is 4. The van der Waals surface area contributed by atoms with Crippen LogP contribution < -0.4 is 0 Å². The molecule has 1 aliphatic rings. The largest absolute Gasteiger partial charge is 0.336 e. The summed E-state index contributed by atoms with van der Waals surface area (Å²) in [5.41, 5.74) is 5.38. The fourth-order valence-electron chi connectivity index (χ4n) is 4.34. The van der Waals surface area contributed by atoms with Gasteiger partial charge in [0.2, 0.25) is 0 Å². The molecular weight excluding hydrogens is 396 g/mol. The van der Waals surface area contributed by atoms with Crippen LogP contribution in [-0.4, -0.2) is 52.1 Å². The van der Waals surface area contributed by atoms with Gasteiger partial charge in [0.05, 0.1) is 11.1 Å². The minimum atomic E-state index is 0.0358. The highest BCUT2D eigenvalue weighted by Crippen LogP contribution is 2.29. The van der Waals surface area contributed by atoms with E-state index >= 15 is 0 Å². The van der Waals surface area contributed by atoms with E-state index < -0.39 is 0 Å². The van der Waals surface area contributed by atoms with Crippen LogP contribution in [0.5, 0.6) is 0 Å². The molecule has 0 spiro atoms. The van der Waals surface area contributed by atoms with Gasteiger partial charge in [-0.15, -0.1) is 10.2 Å². The van der Waals surface area contributed by atoms with Crippen molar-refractivity contribution in [1.82, 2.24) is 20.0 Å². The summed E-state index contributed by atoms with van der Waals surface area (Å²) < 4.78 is 0. The van der Waals surface area contributed by atoms with Crippen molar-refractivity contribution in [3.63, 3.8) is 0 Å². The summed E-state index contributed by atoms with van der Waals surface area (Å²) in [7, 11) is 0. The van der Waals surface area contributed by atoms with E-state index in [1.54, 1.807) is 0 Å². The van der Waals surface area contributed by atoms with Gasteiger partial charge in [-0.25, -0.2) is 0 Å². The SMILES string of the molecule is Cc1ccc2nnc(-c3ccccc3)c(C(=O)N3CCN(Cc4ccccc4)CC3)c2c1. The zero-order valence-corrected chi connectivity index (χ0v) is 18.2. The Labute approximate surface area is 188 Å². The van der Waals surface area contributed by atoms with Crippen LogP contribution in [0, 0.1) is 6.92 Å². The van der Waals surface area contributed by atoms with Crippen LogP contribution in [0.2, 0.25) is 0 Å². The molecule has 5 heteroatoms. The molecule has 0 N–H and O–H groups in total. The van der Waals surface area contributed by atoms with Crippen molar-refractivity contribution < 1.29 is 4.79 Å². The third kappa shape index (κ3) is 4.12. The Hall–Kier alpha value is -3.57. The minimum Gasteiger partial charge on any atom is -0.336 e. The van der Waals surface area contributed by atoms with Gasteiger partial charge >= 0.3 is 0 Å². The molecule has 0 unspecified atom stereocenters. The quantitative estimate of drug-likeness (QED) is 0.484. The van der Waals surface area contributed by atoms with Gasteiger partial charge in [-0.1, -0.05) is 72.3 Å². The van der Waals surface area contributed by atoms with Crippen LogP contribution in [0.1, 0.15) is 21.5 Å². The third-order valence-electron chi connectivity index (χ3n) is 6.09. The topological polar surface area (TPSA) is 49.3 Å². The Morgan fingerprint density at radius 2 is 1.53 bits per heavy atom. The van der Waals surface area contributed by atoms with Crippen molar-refractivity contribution in [2.24, 2.45) is 0 Å². The van der Waals surface area contributed by atoms with Gasteiger partial charge < -0.3 is 4.90 Å². The summed E-state index contributed by atoms with van der Waals surface area (Å²) in [4.78, 5) is 18.2. The summed E-state index contributed by atoms with van der Waals surface area (Å²) in [6.07, 6.45) is 0. The molecule has 5 nitrogen and oxygen atoms in total. The Bertz CT molecular complexity index is 1230.